The first kappa shape index (κ1) is 16.3. The maximum Gasteiger partial charge on any atom is 0.315 e. The topological polar surface area (TPSA) is 44.4 Å². The van der Waals surface area contributed by atoms with Gasteiger partial charge in [0, 0.05) is 34.9 Å². The summed E-state index contributed by atoms with van der Waals surface area (Å²) >= 11 is 1.78. The zero-order valence-electron chi connectivity index (χ0n) is 13.7. The summed E-state index contributed by atoms with van der Waals surface area (Å²) in [4.78, 5) is 17.1. The predicted octanol–water partition coefficient (Wildman–Crippen LogP) is 3.21. The summed E-state index contributed by atoms with van der Waals surface area (Å²) in [6.07, 6.45) is 1.04. The summed E-state index contributed by atoms with van der Waals surface area (Å²) in [6, 6.07) is 2.99. The molecule has 2 N–H and O–H groups in total. The van der Waals surface area contributed by atoms with E-state index in [1.165, 1.54) is 15.3 Å². The van der Waals surface area contributed by atoms with Crippen LogP contribution in [0.3, 0.4) is 0 Å². The Kier molecular flexibility index (Phi) is 5.27. The second-order valence-corrected chi connectivity index (χ2v) is 7.74. The van der Waals surface area contributed by atoms with Crippen LogP contribution in [0.2, 0.25) is 0 Å². The Balaban J connectivity index is 1.83. The fraction of sp³-hybridized carbons (Fsp3) is 0.688. The molecular weight excluding hydrogens is 282 g/mol. The van der Waals surface area contributed by atoms with Crippen LogP contribution in [0.1, 0.15) is 48.6 Å². The molecule has 2 heterocycles. The highest BCUT2D eigenvalue weighted by Crippen LogP contribution is 2.26. The molecule has 1 aliphatic rings. The third kappa shape index (κ3) is 4.20. The molecule has 118 valence electrons. The molecule has 0 radical (unpaired) electrons. The van der Waals surface area contributed by atoms with Crippen LogP contribution in [-0.2, 0) is 0 Å². The molecule has 1 fully saturated rings. The van der Waals surface area contributed by atoms with Crippen molar-refractivity contribution in [3.8, 4) is 0 Å². The Morgan fingerprint density at radius 3 is 2.62 bits per heavy atom. The molecule has 1 saturated heterocycles. The predicted molar refractivity (Wildman–Crippen MR) is 89.0 cm³/mol. The van der Waals surface area contributed by atoms with Crippen LogP contribution in [-0.4, -0.2) is 36.1 Å². The van der Waals surface area contributed by atoms with Crippen LogP contribution in [0.15, 0.2) is 6.07 Å². The highest BCUT2D eigenvalue weighted by molar-refractivity contribution is 7.12. The van der Waals surface area contributed by atoms with Crippen LogP contribution in [0, 0.1) is 13.8 Å². The lowest BCUT2D eigenvalue weighted by atomic mass is 10.1. The first-order chi connectivity index (χ1) is 9.86. The summed E-state index contributed by atoms with van der Waals surface area (Å²) in [5.74, 6) is 0. The number of thiophene rings is 1. The Morgan fingerprint density at radius 2 is 2.10 bits per heavy atom. The number of hydrogen-bond acceptors (Lipinski definition) is 3. The van der Waals surface area contributed by atoms with Crippen LogP contribution in [0.25, 0.3) is 0 Å². The molecule has 0 aliphatic carbocycles. The van der Waals surface area contributed by atoms with E-state index < -0.39 is 0 Å². The Morgan fingerprint density at radius 1 is 1.38 bits per heavy atom. The molecule has 2 atom stereocenters. The van der Waals surface area contributed by atoms with E-state index in [1.54, 1.807) is 11.3 Å². The molecule has 1 aliphatic heterocycles. The number of aryl methyl sites for hydroxylation is 2. The van der Waals surface area contributed by atoms with Gasteiger partial charge in [0.15, 0.2) is 0 Å². The van der Waals surface area contributed by atoms with Crippen LogP contribution in [0.4, 0.5) is 4.79 Å². The van der Waals surface area contributed by atoms with E-state index in [4.69, 9.17) is 0 Å². The van der Waals surface area contributed by atoms with E-state index in [1.807, 2.05) is 6.92 Å². The molecule has 2 amide bonds. The molecule has 0 unspecified atom stereocenters. The van der Waals surface area contributed by atoms with Crippen LogP contribution < -0.4 is 10.6 Å². The second kappa shape index (κ2) is 6.79. The number of nitrogens with one attached hydrogen (secondary N) is 2. The van der Waals surface area contributed by atoms with Crippen molar-refractivity contribution in [2.75, 3.05) is 13.1 Å². The highest BCUT2D eigenvalue weighted by atomic mass is 32.1. The van der Waals surface area contributed by atoms with Crippen molar-refractivity contribution in [2.24, 2.45) is 0 Å². The number of amides is 2. The average molecular weight is 309 g/mol. The molecule has 0 aromatic carbocycles. The second-order valence-electron chi connectivity index (χ2n) is 6.28. The largest absolute Gasteiger partial charge is 0.334 e. The molecule has 1 aromatic heterocycles. The molecule has 1 aromatic rings. The van der Waals surface area contributed by atoms with Crippen molar-refractivity contribution in [3.05, 3.63) is 21.4 Å². The number of nitrogens with zero attached hydrogens (tertiary/aromatic N) is 1. The van der Waals surface area contributed by atoms with Gasteiger partial charge in [-0.2, -0.15) is 0 Å². The number of urea groups is 1. The minimum atomic E-state index is -0.0543. The van der Waals surface area contributed by atoms with Crippen LogP contribution >= 0.6 is 11.3 Å². The van der Waals surface area contributed by atoms with E-state index in [2.05, 4.69) is 49.3 Å². The molecule has 21 heavy (non-hydrogen) atoms. The summed E-state index contributed by atoms with van der Waals surface area (Å²) in [6.45, 7) is 12.7. The third-order valence-corrected chi connectivity index (χ3v) is 5.16. The lowest BCUT2D eigenvalue weighted by Crippen LogP contribution is -2.44. The van der Waals surface area contributed by atoms with Gasteiger partial charge in [-0.05, 0) is 52.7 Å². The first-order valence-corrected chi connectivity index (χ1v) is 8.56. The molecule has 0 bridgehead atoms. The van der Waals surface area contributed by atoms with Gasteiger partial charge >= 0.3 is 6.03 Å². The lowest BCUT2D eigenvalue weighted by molar-refractivity contribution is 0.231. The Hall–Kier alpha value is -1.07. The summed E-state index contributed by atoms with van der Waals surface area (Å²) in [5.41, 5.74) is 1.22. The fourth-order valence-electron chi connectivity index (χ4n) is 2.96. The average Bonchev–Trinajstić information content (AvgIpc) is 2.95. The SMILES string of the molecule is Cc1cc([C@@H](C)NC(=O)N[C@H]2CCN(C(C)C)C2)c(C)s1. The van der Waals surface area contributed by atoms with Gasteiger partial charge in [-0.15, -0.1) is 11.3 Å². The van der Waals surface area contributed by atoms with E-state index in [-0.39, 0.29) is 18.1 Å². The minimum Gasteiger partial charge on any atom is -0.334 e. The molecule has 5 heteroatoms. The highest BCUT2D eigenvalue weighted by Gasteiger charge is 2.25. The number of rotatable bonds is 4. The molecule has 2 rings (SSSR count). The van der Waals surface area contributed by atoms with Crippen molar-refractivity contribution in [1.82, 2.24) is 15.5 Å². The van der Waals surface area contributed by atoms with E-state index in [0.29, 0.717) is 6.04 Å². The van der Waals surface area contributed by atoms with Gasteiger partial charge in [0.2, 0.25) is 0 Å². The number of likely N-dealkylation sites (tertiary alicyclic amines) is 1. The smallest absolute Gasteiger partial charge is 0.315 e. The third-order valence-electron chi connectivity index (χ3n) is 4.18. The van der Waals surface area contributed by atoms with Gasteiger partial charge in [-0.3, -0.25) is 4.90 Å². The zero-order chi connectivity index (χ0) is 15.6. The van der Waals surface area contributed by atoms with Gasteiger partial charge in [0.25, 0.3) is 0 Å². The van der Waals surface area contributed by atoms with Crippen molar-refractivity contribution in [3.63, 3.8) is 0 Å². The summed E-state index contributed by atoms with van der Waals surface area (Å²) < 4.78 is 0. The van der Waals surface area contributed by atoms with Crippen molar-refractivity contribution < 1.29 is 4.79 Å². The van der Waals surface area contributed by atoms with Gasteiger partial charge in [0.1, 0.15) is 0 Å². The van der Waals surface area contributed by atoms with Crippen molar-refractivity contribution in [1.29, 1.82) is 0 Å². The monoisotopic (exact) mass is 309 g/mol. The quantitative estimate of drug-likeness (QED) is 0.897. The van der Waals surface area contributed by atoms with Crippen LogP contribution in [0.5, 0.6) is 0 Å². The minimum absolute atomic E-state index is 0.0533. The normalized spacial score (nSPS) is 20.8. The Labute approximate surface area is 131 Å². The molecule has 4 nitrogen and oxygen atoms in total. The van der Waals surface area contributed by atoms with Gasteiger partial charge in [-0.1, -0.05) is 0 Å². The van der Waals surface area contributed by atoms with E-state index >= 15 is 0 Å². The van der Waals surface area contributed by atoms with E-state index in [0.717, 1.165) is 19.5 Å². The maximum atomic E-state index is 12.1. The summed E-state index contributed by atoms with van der Waals surface area (Å²) in [7, 11) is 0. The Bertz CT molecular complexity index is 498. The molecule has 0 spiro atoms. The van der Waals surface area contributed by atoms with Crippen molar-refractivity contribution in [2.45, 2.75) is 59.2 Å². The molecular formula is C16H27N3OS. The van der Waals surface area contributed by atoms with Gasteiger partial charge in [0.05, 0.1) is 6.04 Å². The number of carbonyl (C=O) groups excluding carboxylic acids is 1. The zero-order valence-corrected chi connectivity index (χ0v) is 14.5. The van der Waals surface area contributed by atoms with Crippen molar-refractivity contribution >= 4 is 17.4 Å². The lowest BCUT2D eigenvalue weighted by Gasteiger charge is -2.21. The van der Waals surface area contributed by atoms with Gasteiger partial charge in [-0.25, -0.2) is 4.79 Å². The van der Waals surface area contributed by atoms with E-state index in [9.17, 15) is 4.79 Å². The molecule has 0 saturated carbocycles. The number of hydrogen-bond donors (Lipinski definition) is 2. The van der Waals surface area contributed by atoms with Gasteiger partial charge < -0.3 is 10.6 Å². The standard InChI is InChI=1S/C16H27N3OS/c1-10(2)19-7-6-14(9-19)18-16(20)17-12(4)15-8-11(3)21-13(15)5/h8,10,12,14H,6-7,9H2,1-5H3,(H2,17,18,20)/t12-,14+/m1/s1. The summed E-state index contributed by atoms with van der Waals surface area (Å²) in [5, 5.41) is 6.16. The fourth-order valence-corrected chi connectivity index (χ4v) is 3.98. The first-order valence-electron chi connectivity index (χ1n) is 7.74. The maximum absolute atomic E-state index is 12.1. The number of carbonyl (C=O) groups is 1.